The van der Waals surface area contributed by atoms with Gasteiger partial charge in [0.25, 0.3) is 0 Å². The van der Waals surface area contributed by atoms with Gasteiger partial charge in [0, 0.05) is 10.2 Å². The Labute approximate surface area is 143 Å². The topological polar surface area (TPSA) is 108 Å². The molecule has 0 atom stereocenters. The summed E-state index contributed by atoms with van der Waals surface area (Å²) >= 11 is 3.30. The van der Waals surface area contributed by atoms with Crippen molar-refractivity contribution in [3.05, 3.63) is 28.7 Å². The highest BCUT2D eigenvalue weighted by atomic mass is 79.9. The Morgan fingerprint density at radius 3 is 2.17 bits per heavy atom. The predicted molar refractivity (Wildman–Crippen MR) is 90.3 cm³/mol. The van der Waals surface area contributed by atoms with Crippen molar-refractivity contribution in [1.29, 1.82) is 0 Å². The van der Waals surface area contributed by atoms with Gasteiger partial charge < -0.3 is 21.1 Å². The number of carbonyl (C=O) groups is 3. The van der Waals surface area contributed by atoms with Crippen LogP contribution in [0.3, 0.4) is 0 Å². The first-order valence-electron chi connectivity index (χ1n) is 7.17. The summed E-state index contributed by atoms with van der Waals surface area (Å²) in [4.78, 5) is 35.0. The Morgan fingerprint density at radius 2 is 1.70 bits per heavy atom. The zero-order valence-electron chi connectivity index (χ0n) is 13.0. The van der Waals surface area contributed by atoms with Crippen molar-refractivity contribution in [2.75, 3.05) is 11.9 Å². The molecule has 0 spiro atoms. The highest BCUT2D eigenvalue weighted by Crippen LogP contribution is 2.17. The van der Waals surface area contributed by atoms with E-state index in [1.807, 2.05) is 0 Å². The highest BCUT2D eigenvalue weighted by molar-refractivity contribution is 9.10. The van der Waals surface area contributed by atoms with E-state index in [2.05, 4.69) is 31.9 Å². The van der Waals surface area contributed by atoms with Crippen molar-refractivity contribution in [3.8, 4) is 0 Å². The van der Waals surface area contributed by atoms with Gasteiger partial charge in [-0.3, -0.25) is 9.59 Å². The number of hydrogen-bond donors (Lipinski definition) is 4. The van der Waals surface area contributed by atoms with Crippen LogP contribution in [0.25, 0.3) is 0 Å². The van der Waals surface area contributed by atoms with Gasteiger partial charge in [-0.2, -0.15) is 0 Å². The van der Waals surface area contributed by atoms with Gasteiger partial charge in [-0.05, 0) is 37.1 Å². The molecule has 0 unspecified atom stereocenters. The average Bonchev–Trinajstić information content (AvgIpc) is 2.52. The molecular formula is C15H20BrN3O4. The molecule has 1 rings (SSSR count). The Kier molecular flexibility index (Phi) is 7.02. The number of hydrogen-bond acceptors (Lipinski definition) is 3. The van der Waals surface area contributed by atoms with Crippen LogP contribution >= 0.6 is 15.9 Å². The van der Waals surface area contributed by atoms with Crippen molar-refractivity contribution in [2.24, 2.45) is 0 Å². The lowest BCUT2D eigenvalue weighted by molar-refractivity contribution is -0.139. The minimum atomic E-state index is -1.16. The van der Waals surface area contributed by atoms with Crippen LogP contribution in [0.1, 0.15) is 26.7 Å². The minimum Gasteiger partial charge on any atom is -0.480 e. The maximum Gasteiger partial charge on any atom is 0.322 e. The Hall–Kier alpha value is -2.09. The largest absolute Gasteiger partial charge is 0.480 e. The Balaban J connectivity index is 2.76. The zero-order chi connectivity index (χ0) is 17.5. The maximum absolute atomic E-state index is 12.2. The minimum absolute atomic E-state index is 0.336. The molecule has 0 aromatic heterocycles. The molecule has 0 saturated carbocycles. The first kappa shape index (κ1) is 19.0. The lowest BCUT2D eigenvalue weighted by Crippen LogP contribution is -2.59. The van der Waals surface area contributed by atoms with E-state index < -0.39 is 30.0 Å². The molecule has 0 heterocycles. The Bertz CT molecular complexity index is 571. The summed E-state index contributed by atoms with van der Waals surface area (Å²) in [7, 11) is 0. The van der Waals surface area contributed by atoms with Crippen LogP contribution in [0.15, 0.2) is 28.7 Å². The molecule has 0 fully saturated rings. The average molecular weight is 386 g/mol. The third-order valence-electron chi connectivity index (χ3n) is 3.50. The van der Waals surface area contributed by atoms with E-state index >= 15 is 0 Å². The standard InChI is InChI=1S/C15H20BrN3O4/c1-3-15(4-2,13(22)17-9-12(20)21)19-14(23)18-11-7-5-10(16)6-8-11/h5-8H,3-4,9H2,1-2H3,(H,17,22)(H,20,21)(H2,18,19,23). The van der Waals surface area contributed by atoms with Gasteiger partial charge in [0.1, 0.15) is 12.1 Å². The molecule has 0 saturated heterocycles. The second-order valence-electron chi connectivity index (χ2n) is 4.95. The van der Waals surface area contributed by atoms with Crippen LogP contribution in [0.5, 0.6) is 0 Å². The van der Waals surface area contributed by atoms with Gasteiger partial charge in [-0.25, -0.2) is 4.79 Å². The summed E-state index contributed by atoms with van der Waals surface area (Å²) in [6.45, 7) is 3.02. The molecule has 7 nitrogen and oxygen atoms in total. The number of halogens is 1. The van der Waals surface area contributed by atoms with Gasteiger partial charge in [0.15, 0.2) is 0 Å². The smallest absolute Gasteiger partial charge is 0.322 e. The maximum atomic E-state index is 12.2. The molecular weight excluding hydrogens is 366 g/mol. The molecule has 8 heteroatoms. The lowest BCUT2D eigenvalue weighted by Gasteiger charge is -2.31. The van der Waals surface area contributed by atoms with Gasteiger partial charge in [-0.15, -0.1) is 0 Å². The van der Waals surface area contributed by atoms with E-state index in [0.29, 0.717) is 18.5 Å². The fourth-order valence-corrected chi connectivity index (χ4v) is 2.31. The van der Waals surface area contributed by atoms with E-state index in [0.717, 1.165) is 4.47 Å². The normalized spacial score (nSPS) is 10.7. The van der Waals surface area contributed by atoms with Gasteiger partial charge in [0.05, 0.1) is 0 Å². The molecule has 0 aliphatic heterocycles. The Morgan fingerprint density at radius 1 is 1.13 bits per heavy atom. The summed E-state index contributed by atoms with van der Waals surface area (Å²) in [5.74, 6) is -1.66. The molecule has 1 aromatic carbocycles. The van der Waals surface area contributed by atoms with E-state index in [1.54, 1.807) is 38.1 Å². The third-order valence-corrected chi connectivity index (χ3v) is 4.03. The summed E-state index contributed by atoms with van der Waals surface area (Å²) in [6.07, 6.45) is 0.672. The van der Waals surface area contributed by atoms with E-state index in [1.165, 1.54) is 0 Å². The number of nitrogens with one attached hydrogen (secondary N) is 3. The summed E-state index contributed by atoms with van der Waals surface area (Å²) in [6, 6.07) is 6.47. The van der Waals surface area contributed by atoms with Crippen molar-refractivity contribution in [2.45, 2.75) is 32.2 Å². The summed E-state index contributed by atoms with van der Waals surface area (Å²) in [5, 5.41) is 16.3. The third kappa shape index (κ3) is 5.55. The lowest BCUT2D eigenvalue weighted by atomic mass is 9.91. The number of aliphatic carboxylic acids is 1. The molecule has 126 valence electrons. The highest BCUT2D eigenvalue weighted by Gasteiger charge is 2.36. The molecule has 0 bridgehead atoms. The van der Waals surface area contributed by atoms with E-state index in [-0.39, 0.29) is 0 Å². The fourth-order valence-electron chi connectivity index (χ4n) is 2.04. The first-order chi connectivity index (χ1) is 10.8. The molecule has 23 heavy (non-hydrogen) atoms. The van der Waals surface area contributed by atoms with Crippen molar-refractivity contribution < 1.29 is 19.5 Å². The second-order valence-corrected chi connectivity index (χ2v) is 5.87. The quantitative estimate of drug-likeness (QED) is 0.577. The van der Waals surface area contributed by atoms with Crippen LogP contribution < -0.4 is 16.0 Å². The summed E-state index contributed by atoms with van der Waals surface area (Å²) < 4.78 is 0.882. The number of carboxylic acids is 1. The van der Waals surface area contributed by atoms with Crippen molar-refractivity contribution in [1.82, 2.24) is 10.6 Å². The number of benzene rings is 1. The number of rotatable bonds is 7. The van der Waals surface area contributed by atoms with E-state index in [9.17, 15) is 14.4 Å². The van der Waals surface area contributed by atoms with Crippen LogP contribution in [0.4, 0.5) is 10.5 Å². The molecule has 0 aliphatic rings. The zero-order valence-corrected chi connectivity index (χ0v) is 14.6. The number of amides is 3. The predicted octanol–water partition coefficient (Wildman–Crippen LogP) is 2.33. The number of carbonyl (C=O) groups excluding carboxylic acids is 2. The van der Waals surface area contributed by atoms with Gasteiger partial charge >= 0.3 is 12.0 Å². The molecule has 3 amide bonds. The van der Waals surface area contributed by atoms with Crippen molar-refractivity contribution >= 4 is 39.5 Å². The van der Waals surface area contributed by atoms with Crippen molar-refractivity contribution in [3.63, 3.8) is 0 Å². The second kappa shape index (κ2) is 8.52. The van der Waals surface area contributed by atoms with Gasteiger partial charge in [-0.1, -0.05) is 29.8 Å². The van der Waals surface area contributed by atoms with Crippen LogP contribution in [0.2, 0.25) is 0 Å². The molecule has 1 aromatic rings. The number of urea groups is 1. The first-order valence-corrected chi connectivity index (χ1v) is 7.97. The van der Waals surface area contributed by atoms with E-state index in [4.69, 9.17) is 5.11 Å². The number of carboxylic acid groups (broad SMARTS) is 1. The fraction of sp³-hybridized carbons (Fsp3) is 0.400. The summed E-state index contributed by atoms with van der Waals surface area (Å²) in [5.41, 5.74) is -0.577. The van der Waals surface area contributed by atoms with Gasteiger partial charge in [0.2, 0.25) is 5.91 Å². The molecule has 0 radical (unpaired) electrons. The SMILES string of the molecule is CCC(CC)(NC(=O)Nc1ccc(Br)cc1)C(=O)NCC(=O)O. The monoisotopic (exact) mass is 385 g/mol. The van der Waals surface area contributed by atoms with Crippen LogP contribution in [-0.2, 0) is 9.59 Å². The number of anilines is 1. The van der Waals surface area contributed by atoms with Crippen LogP contribution in [-0.4, -0.2) is 35.1 Å². The molecule has 0 aliphatic carbocycles. The van der Waals surface area contributed by atoms with Crippen LogP contribution in [0, 0.1) is 0 Å². The molecule has 4 N–H and O–H groups in total.